The first-order valence-electron chi connectivity index (χ1n) is 5.84. The fraction of sp³-hybridized carbons (Fsp3) is 0.0667. The fourth-order valence-corrected chi connectivity index (χ4v) is 2.09. The Hall–Kier alpha value is -2.27. The van der Waals surface area contributed by atoms with Gasteiger partial charge in [0.25, 0.3) is 0 Å². The Morgan fingerprint density at radius 1 is 1.24 bits per heavy atom. The Labute approximate surface area is 134 Å². The number of carbonyl (C=O) groups is 1. The molecule has 1 N–H and O–H groups in total. The molecule has 0 radical (unpaired) electrons. The van der Waals surface area contributed by atoms with Gasteiger partial charge in [0, 0.05) is 6.07 Å². The Balaban J connectivity index is 2.44. The van der Waals surface area contributed by atoms with Gasteiger partial charge in [-0.3, -0.25) is 0 Å². The molecule has 0 aliphatic heterocycles. The number of carboxylic acid groups (broad SMARTS) is 1. The average Bonchev–Trinajstić information content (AvgIpc) is 2.49. The highest BCUT2D eigenvalue weighted by molar-refractivity contribution is 14.1. The maximum Gasteiger partial charge on any atom is 0.335 e. The summed E-state index contributed by atoms with van der Waals surface area (Å²) in [6.07, 6.45) is 0. The number of hydrogen-bond donors (Lipinski definition) is 1. The lowest BCUT2D eigenvalue weighted by molar-refractivity contribution is 0.0696. The number of ether oxygens (including phenoxy) is 2. The van der Waals surface area contributed by atoms with Crippen molar-refractivity contribution < 1.29 is 19.4 Å². The molecule has 0 unspecified atom stereocenters. The van der Waals surface area contributed by atoms with E-state index in [1.165, 1.54) is 19.2 Å². The summed E-state index contributed by atoms with van der Waals surface area (Å²) in [7, 11) is 1.51. The zero-order valence-electron chi connectivity index (χ0n) is 11.0. The minimum Gasteiger partial charge on any atom is -0.497 e. The topological polar surface area (TPSA) is 79.5 Å². The second kappa shape index (κ2) is 6.45. The highest BCUT2D eigenvalue weighted by Gasteiger charge is 2.12. The molecule has 6 heteroatoms. The number of methoxy groups -OCH3 is 1. The predicted molar refractivity (Wildman–Crippen MR) is 83.9 cm³/mol. The first-order valence-corrected chi connectivity index (χ1v) is 6.92. The van der Waals surface area contributed by atoms with Crippen molar-refractivity contribution in [1.82, 2.24) is 0 Å². The van der Waals surface area contributed by atoms with Crippen molar-refractivity contribution in [3.8, 4) is 23.3 Å². The van der Waals surface area contributed by atoms with Crippen LogP contribution in [0.5, 0.6) is 17.2 Å². The van der Waals surface area contributed by atoms with Crippen LogP contribution in [0.25, 0.3) is 0 Å². The van der Waals surface area contributed by atoms with E-state index in [1.807, 2.05) is 28.7 Å². The van der Waals surface area contributed by atoms with E-state index in [0.29, 0.717) is 22.8 Å². The monoisotopic (exact) mass is 395 g/mol. The zero-order chi connectivity index (χ0) is 15.4. The standard InChI is InChI=1S/C15H10INO4/c1-20-11-4-2-10(8-17)13(7-11)21-14-6-9(15(18)19)3-5-12(14)16/h2-7H,1H3,(H,18,19). The molecule has 2 rings (SSSR count). The molecule has 5 nitrogen and oxygen atoms in total. The average molecular weight is 395 g/mol. The molecule has 106 valence electrons. The van der Waals surface area contributed by atoms with Gasteiger partial charge in [-0.1, -0.05) is 0 Å². The summed E-state index contributed by atoms with van der Waals surface area (Å²) in [6, 6.07) is 11.4. The van der Waals surface area contributed by atoms with Gasteiger partial charge in [0.05, 0.1) is 21.8 Å². The van der Waals surface area contributed by atoms with Gasteiger partial charge in [-0.05, 0) is 52.9 Å². The second-order valence-corrected chi connectivity index (χ2v) is 5.19. The number of halogens is 1. The lowest BCUT2D eigenvalue weighted by atomic mass is 10.2. The zero-order valence-corrected chi connectivity index (χ0v) is 13.1. The van der Waals surface area contributed by atoms with E-state index in [2.05, 4.69) is 0 Å². The summed E-state index contributed by atoms with van der Waals surface area (Å²) < 4.78 is 11.5. The van der Waals surface area contributed by atoms with E-state index in [-0.39, 0.29) is 5.56 Å². The van der Waals surface area contributed by atoms with E-state index < -0.39 is 5.97 Å². The highest BCUT2D eigenvalue weighted by atomic mass is 127. The maximum absolute atomic E-state index is 11.0. The minimum atomic E-state index is -1.04. The molecule has 0 saturated heterocycles. The van der Waals surface area contributed by atoms with Gasteiger partial charge in [0.15, 0.2) is 0 Å². The molecular formula is C15H10INO4. The van der Waals surface area contributed by atoms with Gasteiger partial charge in [0.1, 0.15) is 23.3 Å². The van der Waals surface area contributed by atoms with E-state index in [0.717, 1.165) is 3.57 Å². The van der Waals surface area contributed by atoms with Crippen LogP contribution in [0, 0.1) is 14.9 Å². The van der Waals surface area contributed by atoms with Crippen molar-refractivity contribution in [2.75, 3.05) is 7.11 Å². The largest absolute Gasteiger partial charge is 0.497 e. The van der Waals surface area contributed by atoms with Crippen LogP contribution in [0.15, 0.2) is 36.4 Å². The molecule has 0 amide bonds. The van der Waals surface area contributed by atoms with Crippen molar-refractivity contribution in [2.24, 2.45) is 0 Å². The number of nitrogens with zero attached hydrogens (tertiary/aromatic N) is 1. The molecule has 2 aromatic carbocycles. The summed E-state index contributed by atoms with van der Waals surface area (Å²) in [5.41, 5.74) is 0.458. The molecule has 0 fully saturated rings. The third-order valence-corrected chi connectivity index (χ3v) is 3.60. The normalized spacial score (nSPS) is 9.76. The van der Waals surface area contributed by atoms with Crippen LogP contribution in [-0.2, 0) is 0 Å². The van der Waals surface area contributed by atoms with Crippen LogP contribution < -0.4 is 9.47 Å². The summed E-state index contributed by atoms with van der Waals surface area (Å²) in [6.45, 7) is 0. The lowest BCUT2D eigenvalue weighted by Crippen LogP contribution is -1.98. The van der Waals surface area contributed by atoms with Crippen molar-refractivity contribution in [3.63, 3.8) is 0 Å². The van der Waals surface area contributed by atoms with Crippen LogP contribution in [0.3, 0.4) is 0 Å². The van der Waals surface area contributed by atoms with E-state index in [1.54, 1.807) is 24.3 Å². The fourth-order valence-electron chi connectivity index (χ4n) is 1.64. The first kappa shape index (κ1) is 15.1. The van der Waals surface area contributed by atoms with Gasteiger partial charge >= 0.3 is 5.97 Å². The molecule has 0 saturated carbocycles. The number of benzene rings is 2. The molecule has 0 aliphatic rings. The molecule has 21 heavy (non-hydrogen) atoms. The maximum atomic E-state index is 11.0. The van der Waals surface area contributed by atoms with Gasteiger partial charge in [0.2, 0.25) is 0 Å². The number of rotatable bonds is 4. The number of carboxylic acids is 1. The smallest absolute Gasteiger partial charge is 0.335 e. The van der Waals surface area contributed by atoms with Gasteiger partial charge in [-0.2, -0.15) is 5.26 Å². The van der Waals surface area contributed by atoms with Crippen molar-refractivity contribution >= 4 is 28.6 Å². The van der Waals surface area contributed by atoms with Gasteiger partial charge in [-0.25, -0.2) is 4.79 Å². The summed E-state index contributed by atoms with van der Waals surface area (Å²) >= 11 is 2.04. The van der Waals surface area contributed by atoms with Crippen LogP contribution >= 0.6 is 22.6 Å². The SMILES string of the molecule is COc1ccc(C#N)c(Oc2cc(C(=O)O)ccc2I)c1. The Morgan fingerprint density at radius 3 is 2.62 bits per heavy atom. The molecule has 0 aliphatic carbocycles. The summed E-state index contributed by atoms with van der Waals surface area (Å²) in [4.78, 5) is 11.0. The quantitative estimate of drug-likeness (QED) is 0.800. The van der Waals surface area contributed by atoms with Gasteiger partial charge < -0.3 is 14.6 Å². The first-order chi connectivity index (χ1) is 10.0. The van der Waals surface area contributed by atoms with Crippen LogP contribution in [0.2, 0.25) is 0 Å². The molecule has 2 aromatic rings. The van der Waals surface area contributed by atoms with Crippen LogP contribution in [0.1, 0.15) is 15.9 Å². The molecule has 0 spiro atoms. The summed E-state index contributed by atoms with van der Waals surface area (Å²) in [5, 5.41) is 18.1. The van der Waals surface area contributed by atoms with Gasteiger partial charge in [-0.15, -0.1) is 0 Å². The van der Waals surface area contributed by atoms with Crippen molar-refractivity contribution in [3.05, 3.63) is 51.1 Å². The number of nitriles is 1. The Kier molecular flexibility index (Phi) is 4.65. The highest BCUT2D eigenvalue weighted by Crippen LogP contribution is 2.32. The number of aromatic carboxylic acids is 1. The van der Waals surface area contributed by atoms with E-state index in [4.69, 9.17) is 19.8 Å². The molecule has 0 heterocycles. The van der Waals surface area contributed by atoms with Crippen molar-refractivity contribution in [1.29, 1.82) is 5.26 Å². The lowest BCUT2D eigenvalue weighted by Gasteiger charge is -2.11. The van der Waals surface area contributed by atoms with Crippen LogP contribution in [0.4, 0.5) is 0 Å². The second-order valence-electron chi connectivity index (χ2n) is 4.03. The van der Waals surface area contributed by atoms with E-state index >= 15 is 0 Å². The molecule has 0 aromatic heterocycles. The molecule has 0 atom stereocenters. The Morgan fingerprint density at radius 2 is 2.00 bits per heavy atom. The van der Waals surface area contributed by atoms with Crippen LogP contribution in [-0.4, -0.2) is 18.2 Å². The van der Waals surface area contributed by atoms with E-state index in [9.17, 15) is 4.79 Å². The predicted octanol–water partition coefficient (Wildman–Crippen LogP) is 3.66. The third kappa shape index (κ3) is 3.44. The summed E-state index contributed by atoms with van der Waals surface area (Å²) in [5.74, 6) is 0.202. The molecule has 0 bridgehead atoms. The molecular weight excluding hydrogens is 385 g/mol. The number of hydrogen-bond acceptors (Lipinski definition) is 4. The Bertz CT molecular complexity index is 737. The third-order valence-electron chi connectivity index (χ3n) is 2.71. The minimum absolute atomic E-state index is 0.117. The van der Waals surface area contributed by atoms with Crippen molar-refractivity contribution in [2.45, 2.75) is 0 Å².